The van der Waals surface area contributed by atoms with Gasteiger partial charge < -0.3 is 5.21 Å². The van der Waals surface area contributed by atoms with Gasteiger partial charge in [-0.15, -0.1) is 11.3 Å². The molecule has 10 heavy (non-hydrogen) atoms. The number of oxime groups is 1. The van der Waals surface area contributed by atoms with Crippen LogP contribution in [0.5, 0.6) is 0 Å². The molecule has 1 N–H and O–H groups in total. The van der Waals surface area contributed by atoms with Crippen LogP contribution in [0.25, 0.3) is 0 Å². The molecule has 4 heteroatoms. The van der Waals surface area contributed by atoms with Gasteiger partial charge in [0.15, 0.2) is 5.13 Å². The van der Waals surface area contributed by atoms with E-state index in [0.717, 1.165) is 11.3 Å². The van der Waals surface area contributed by atoms with Crippen molar-refractivity contribution in [3.8, 4) is 0 Å². The Balaban J connectivity index is 2.95. The van der Waals surface area contributed by atoms with Crippen molar-refractivity contribution >= 4 is 17.0 Å². The quantitative estimate of drug-likeness (QED) is 0.380. The van der Waals surface area contributed by atoms with Crippen LogP contribution < -0.4 is 0 Å². The lowest BCUT2D eigenvalue weighted by molar-refractivity contribution is 0.319. The Morgan fingerprint density at radius 1 is 1.70 bits per heavy atom. The molecule has 0 aromatic carbocycles. The highest BCUT2D eigenvalue weighted by Gasteiger charge is 2.01. The van der Waals surface area contributed by atoms with Gasteiger partial charge in [-0.3, -0.25) is 0 Å². The highest BCUT2D eigenvalue weighted by molar-refractivity contribution is 7.12. The van der Waals surface area contributed by atoms with Crippen LogP contribution in [0.1, 0.15) is 11.8 Å². The summed E-state index contributed by atoms with van der Waals surface area (Å²) in [7, 11) is 0. The molecule has 0 radical (unpaired) electrons. The minimum Gasteiger partial charge on any atom is -0.411 e. The van der Waals surface area contributed by atoms with Gasteiger partial charge in [0.05, 0.1) is 10.6 Å². The third-order valence-electron chi connectivity index (χ3n) is 1.08. The SMILES string of the molecule is CC(=NO)c1ccc(F)s1. The van der Waals surface area contributed by atoms with E-state index in [-0.39, 0.29) is 5.13 Å². The fourth-order valence-corrected chi connectivity index (χ4v) is 1.23. The van der Waals surface area contributed by atoms with Crippen molar-refractivity contribution in [3.05, 3.63) is 22.1 Å². The second-order valence-corrected chi connectivity index (χ2v) is 2.82. The summed E-state index contributed by atoms with van der Waals surface area (Å²) < 4.78 is 12.3. The summed E-state index contributed by atoms with van der Waals surface area (Å²) in [5.74, 6) is 0. The van der Waals surface area contributed by atoms with Gasteiger partial charge in [0.1, 0.15) is 0 Å². The molecule has 1 rings (SSSR count). The first-order chi connectivity index (χ1) is 4.74. The Hall–Kier alpha value is -0.900. The number of thiophene rings is 1. The third kappa shape index (κ3) is 1.33. The van der Waals surface area contributed by atoms with Crippen LogP contribution in [0.2, 0.25) is 0 Å². The van der Waals surface area contributed by atoms with Crippen molar-refractivity contribution in [1.82, 2.24) is 0 Å². The number of rotatable bonds is 1. The molecule has 0 aliphatic heterocycles. The zero-order chi connectivity index (χ0) is 7.56. The largest absolute Gasteiger partial charge is 0.411 e. The van der Waals surface area contributed by atoms with E-state index in [1.165, 1.54) is 6.07 Å². The number of nitrogens with zero attached hydrogens (tertiary/aromatic N) is 1. The van der Waals surface area contributed by atoms with Gasteiger partial charge in [0.2, 0.25) is 0 Å². The van der Waals surface area contributed by atoms with Gasteiger partial charge in [-0.25, -0.2) is 0 Å². The molecule has 0 amide bonds. The molecule has 2 nitrogen and oxygen atoms in total. The minimum absolute atomic E-state index is 0.266. The maximum atomic E-state index is 12.3. The lowest BCUT2D eigenvalue weighted by atomic mass is 10.3. The van der Waals surface area contributed by atoms with Gasteiger partial charge in [-0.2, -0.15) is 4.39 Å². The molecule has 0 aliphatic rings. The number of hydrogen-bond donors (Lipinski definition) is 1. The van der Waals surface area contributed by atoms with Crippen molar-refractivity contribution < 1.29 is 9.60 Å². The van der Waals surface area contributed by atoms with Crippen molar-refractivity contribution in [2.45, 2.75) is 6.92 Å². The van der Waals surface area contributed by atoms with E-state index >= 15 is 0 Å². The molecular formula is C6H6FNOS. The average Bonchev–Trinajstić information content (AvgIpc) is 2.34. The van der Waals surface area contributed by atoms with Crippen LogP contribution in [-0.4, -0.2) is 10.9 Å². The molecule has 0 fully saturated rings. The van der Waals surface area contributed by atoms with E-state index in [2.05, 4.69) is 5.16 Å². The molecule has 1 aromatic heterocycles. The van der Waals surface area contributed by atoms with Crippen molar-refractivity contribution in [3.63, 3.8) is 0 Å². The van der Waals surface area contributed by atoms with E-state index in [0.29, 0.717) is 10.6 Å². The van der Waals surface area contributed by atoms with E-state index in [1.54, 1.807) is 13.0 Å². The highest BCUT2D eigenvalue weighted by atomic mass is 32.1. The van der Waals surface area contributed by atoms with Crippen LogP contribution in [0.4, 0.5) is 4.39 Å². The maximum absolute atomic E-state index is 12.3. The Morgan fingerprint density at radius 2 is 2.40 bits per heavy atom. The zero-order valence-corrected chi connectivity index (χ0v) is 6.15. The van der Waals surface area contributed by atoms with Crippen molar-refractivity contribution in [2.24, 2.45) is 5.16 Å². The fraction of sp³-hybridized carbons (Fsp3) is 0.167. The molecule has 1 aromatic rings. The fourth-order valence-electron chi connectivity index (χ4n) is 0.558. The first kappa shape index (κ1) is 7.21. The van der Waals surface area contributed by atoms with Crippen LogP contribution in [0.3, 0.4) is 0 Å². The van der Waals surface area contributed by atoms with Crippen molar-refractivity contribution in [1.29, 1.82) is 0 Å². The summed E-state index contributed by atoms with van der Waals surface area (Å²) in [6, 6.07) is 2.92. The van der Waals surface area contributed by atoms with Gasteiger partial charge in [0.25, 0.3) is 0 Å². The summed E-state index contributed by atoms with van der Waals surface area (Å²) in [6.07, 6.45) is 0. The summed E-state index contributed by atoms with van der Waals surface area (Å²) in [5, 5.41) is 10.9. The van der Waals surface area contributed by atoms with Crippen molar-refractivity contribution in [2.75, 3.05) is 0 Å². The molecule has 0 aliphatic carbocycles. The molecule has 0 saturated carbocycles. The second kappa shape index (κ2) is 2.79. The molecule has 0 atom stereocenters. The first-order valence-corrected chi connectivity index (χ1v) is 3.50. The first-order valence-electron chi connectivity index (χ1n) is 2.68. The molecule has 0 unspecified atom stereocenters. The summed E-state index contributed by atoms with van der Waals surface area (Å²) >= 11 is 0.963. The number of hydrogen-bond acceptors (Lipinski definition) is 3. The predicted octanol–water partition coefficient (Wildman–Crippen LogP) is 2.09. The third-order valence-corrected chi connectivity index (χ3v) is 2.06. The molecule has 0 bridgehead atoms. The molecule has 0 spiro atoms. The van der Waals surface area contributed by atoms with Gasteiger partial charge in [-0.1, -0.05) is 5.16 Å². The average molecular weight is 159 g/mol. The Morgan fingerprint density at radius 3 is 2.80 bits per heavy atom. The summed E-state index contributed by atoms with van der Waals surface area (Å²) in [6.45, 7) is 1.62. The highest BCUT2D eigenvalue weighted by Crippen LogP contribution is 2.14. The van der Waals surface area contributed by atoms with Gasteiger partial charge in [0, 0.05) is 0 Å². The summed E-state index contributed by atoms with van der Waals surface area (Å²) in [5.41, 5.74) is 0.439. The maximum Gasteiger partial charge on any atom is 0.177 e. The second-order valence-electron chi connectivity index (χ2n) is 1.79. The lowest BCUT2D eigenvalue weighted by Crippen LogP contribution is -1.87. The van der Waals surface area contributed by atoms with Crippen LogP contribution in [0, 0.1) is 5.13 Å². The van der Waals surface area contributed by atoms with E-state index in [9.17, 15) is 4.39 Å². The minimum atomic E-state index is -0.266. The lowest BCUT2D eigenvalue weighted by Gasteiger charge is -1.87. The van der Waals surface area contributed by atoms with E-state index < -0.39 is 0 Å². The zero-order valence-electron chi connectivity index (χ0n) is 5.34. The monoisotopic (exact) mass is 159 g/mol. The normalized spacial score (nSPS) is 12.0. The Kier molecular flexibility index (Phi) is 2.01. The van der Waals surface area contributed by atoms with E-state index in [1.807, 2.05) is 0 Å². The molecule has 1 heterocycles. The predicted molar refractivity (Wildman–Crippen MR) is 38.3 cm³/mol. The van der Waals surface area contributed by atoms with Gasteiger partial charge in [-0.05, 0) is 19.1 Å². The smallest absolute Gasteiger partial charge is 0.177 e. The van der Waals surface area contributed by atoms with E-state index in [4.69, 9.17) is 5.21 Å². The van der Waals surface area contributed by atoms with Crippen LogP contribution in [0.15, 0.2) is 17.3 Å². The molecule has 0 saturated heterocycles. The molecule has 54 valence electrons. The number of halogens is 1. The van der Waals surface area contributed by atoms with Crippen LogP contribution in [-0.2, 0) is 0 Å². The van der Waals surface area contributed by atoms with Crippen LogP contribution >= 0.6 is 11.3 Å². The summed E-state index contributed by atoms with van der Waals surface area (Å²) in [4.78, 5) is 0.653. The standard InChI is InChI=1S/C6H6FNOS/c1-4(8-9)5-2-3-6(7)10-5/h2-3,9H,1H3. The topological polar surface area (TPSA) is 32.6 Å². The Labute approximate surface area is 61.6 Å². The van der Waals surface area contributed by atoms with Gasteiger partial charge >= 0.3 is 0 Å². The molecular weight excluding hydrogens is 153 g/mol. The Bertz CT molecular complexity index is 256.